The summed E-state index contributed by atoms with van der Waals surface area (Å²) in [4.78, 5) is 8.44. The minimum absolute atomic E-state index is 0.0449. The monoisotopic (exact) mass is 499 g/mol. The highest BCUT2D eigenvalue weighted by atomic mass is 35.5. The average molecular weight is 500 g/mol. The minimum atomic E-state index is -0.688. The van der Waals surface area contributed by atoms with E-state index in [1.807, 2.05) is 23.6 Å². The van der Waals surface area contributed by atoms with Crippen LogP contribution in [0.5, 0.6) is 0 Å². The summed E-state index contributed by atoms with van der Waals surface area (Å²) in [6, 6.07) is 12.3. The first-order valence-corrected chi connectivity index (χ1v) is 12.3. The standard InChI is InChI=1S/C26H21ClF3N3S/c1-15-11-16(5-10-21(15)27)19-3-2-4-24-25(19)33(18-8-6-17(28)7-9-18)26(32-24)34-14-20-22(29)12-31-13-23(20)30/h5-13,19H,2-4,14H2,1H3. The zero-order valence-corrected chi connectivity index (χ0v) is 19.9. The summed E-state index contributed by atoms with van der Waals surface area (Å²) >= 11 is 7.52. The molecule has 1 atom stereocenters. The molecule has 0 saturated heterocycles. The zero-order valence-electron chi connectivity index (χ0n) is 18.4. The van der Waals surface area contributed by atoms with Gasteiger partial charge in [0.05, 0.1) is 23.8 Å². The molecule has 5 rings (SSSR count). The molecule has 0 bridgehead atoms. The van der Waals surface area contributed by atoms with Crippen molar-refractivity contribution in [1.29, 1.82) is 0 Å². The Balaban J connectivity index is 1.62. The second kappa shape index (κ2) is 9.47. The Morgan fingerprint density at radius 2 is 1.79 bits per heavy atom. The number of nitrogens with zero attached hydrogens (tertiary/aromatic N) is 3. The number of benzene rings is 2. The van der Waals surface area contributed by atoms with E-state index in [0.29, 0.717) is 10.2 Å². The number of hydrogen-bond donors (Lipinski definition) is 0. The molecule has 1 aliphatic carbocycles. The summed E-state index contributed by atoms with van der Waals surface area (Å²) < 4.78 is 44.1. The topological polar surface area (TPSA) is 30.7 Å². The van der Waals surface area contributed by atoms with Crippen LogP contribution in [0.2, 0.25) is 5.02 Å². The number of imidazole rings is 1. The number of thioether (sulfide) groups is 1. The third kappa shape index (κ3) is 4.34. The Morgan fingerprint density at radius 3 is 2.50 bits per heavy atom. The van der Waals surface area contributed by atoms with Gasteiger partial charge in [-0.25, -0.2) is 18.2 Å². The third-order valence-electron chi connectivity index (χ3n) is 6.16. The molecule has 34 heavy (non-hydrogen) atoms. The minimum Gasteiger partial charge on any atom is -0.291 e. The van der Waals surface area contributed by atoms with E-state index in [0.717, 1.165) is 59.9 Å². The lowest BCUT2D eigenvalue weighted by molar-refractivity contribution is 0.556. The molecule has 2 aromatic carbocycles. The maximum Gasteiger partial charge on any atom is 0.173 e. The molecule has 0 fully saturated rings. The van der Waals surface area contributed by atoms with E-state index >= 15 is 0 Å². The molecule has 1 aliphatic rings. The number of halogens is 4. The lowest BCUT2D eigenvalue weighted by Gasteiger charge is -2.25. The molecular formula is C26H21ClF3N3S. The fraction of sp³-hybridized carbons (Fsp3) is 0.231. The molecule has 0 aliphatic heterocycles. The van der Waals surface area contributed by atoms with Gasteiger partial charge in [-0.05, 0) is 67.6 Å². The lowest BCUT2D eigenvalue weighted by Crippen LogP contribution is -2.15. The van der Waals surface area contributed by atoms with Gasteiger partial charge in [0.2, 0.25) is 0 Å². The lowest BCUT2D eigenvalue weighted by atomic mass is 9.83. The van der Waals surface area contributed by atoms with Crippen molar-refractivity contribution in [3.8, 4) is 5.69 Å². The first kappa shape index (κ1) is 23.0. The molecule has 174 valence electrons. The predicted octanol–water partition coefficient (Wildman–Crippen LogP) is 7.41. The van der Waals surface area contributed by atoms with Crippen molar-refractivity contribution in [2.24, 2.45) is 0 Å². The fourth-order valence-electron chi connectivity index (χ4n) is 4.46. The molecule has 4 aromatic rings. The number of aryl methyl sites for hydroxylation is 2. The highest BCUT2D eigenvalue weighted by Crippen LogP contribution is 2.41. The molecule has 2 aromatic heterocycles. The van der Waals surface area contributed by atoms with Gasteiger partial charge in [0.25, 0.3) is 0 Å². The molecule has 0 amide bonds. The number of aromatic nitrogens is 3. The SMILES string of the molecule is Cc1cc(C2CCCc3nc(SCc4c(F)cncc4F)n(-c4ccc(F)cc4)c32)ccc1Cl. The van der Waals surface area contributed by atoms with Crippen LogP contribution in [0.1, 0.15) is 46.8 Å². The maximum atomic E-state index is 14.2. The van der Waals surface area contributed by atoms with Crippen molar-refractivity contribution < 1.29 is 13.2 Å². The highest BCUT2D eigenvalue weighted by molar-refractivity contribution is 7.98. The van der Waals surface area contributed by atoms with Crippen molar-refractivity contribution in [1.82, 2.24) is 14.5 Å². The van der Waals surface area contributed by atoms with Crippen LogP contribution in [0.3, 0.4) is 0 Å². The fourth-order valence-corrected chi connectivity index (χ4v) is 5.64. The largest absolute Gasteiger partial charge is 0.291 e. The predicted molar refractivity (Wildman–Crippen MR) is 128 cm³/mol. The quantitative estimate of drug-likeness (QED) is 0.268. The first-order chi connectivity index (χ1) is 16.4. The van der Waals surface area contributed by atoms with Gasteiger partial charge < -0.3 is 0 Å². The van der Waals surface area contributed by atoms with Gasteiger partial charge in [0.15, 0.2) is 5.16 Å². The number of hydrogen-bond acceptors (Lipinski definition) is 3. The Morgan fingerprint density at radius 1 is 1.06 bits per heavy atom. The third-order valence-corrected chi connectivity index (χ3v) is 7.55. The number of pyridine rings is 1. The molecule has 0 saturated carbocycles. The van der Waals surface area contributed by atoms with Crippen LogP contribution < -0.4 is 0 Å². The van der Waals surface area contributed by atoms with E-state index in [-0.39, 0.29) is 23.1 Å². The molecule has 1 unspecified atom stereocenters. The molecule has 0 radical (unpaired) electrons. The van der Waals surface area contributed by atoms with Gasteiger partial charge in [0, 0.05) is 27.9 Å². The summed E-state index contributed by atoms with van der Waals surface area (Å²) in [6.45, 7) is 1.98. The molecule has 2 heterocycles. The van der Waals surface area contributed by atoms with Crippen molar-refractivity contribution in [3.63, 3.8) is 0 Å². The number of fused-ring (bicyclic) bond motifs is 1. The molecule has 8 heteroatoms. The van der Waals surface area contributed by atoms with Crippen LogP contribution in [0.15, 0.2) is 60.0 Å². The number of rotatable bonds is 5. The Kier molecular flexibility index (Phi) is 6.40. The zero-order chi connectivity index (χ0) is 23.8. The van der Waals surface area contributed by atoms with Crippen LogP contribution in [-0.4, -0.2) is 14.5 Å². The van der Waals surface area contributed by atoms with E-state index in [1.165, 1.54) is 23.9 Å². The van der Waals surface area contributed by atoms with Crippen LogP contribution in [-0.2, 0) is 12.2 Å². The average Bonchev–Trinajstić information content (AvgIpc) is 3.19. The Labute approximate surface area is 205 Å². The summed E-state index contributed by atoms with van der Waals surface area (Å²) in [6.07, 6.45) is 4.72. The van der Waals surface area contributed by atoms with Crippen LogP contribution in [0.25, 0.3) is 5.69 Å². The molecule has 3 nitrogen and oxygen atoms in total. The Bertz CT molecular complexity index is 1330. The van der Waals surface area contributed by atoms with E-state index in [1.54, 1.807) is 12.1 Å². The normalized spacial score (nSPS) is 15.4. The van der Waals surface area contributed by atoms with Crippen LogP contribution in [0.4, 0.5) is 13.2 Å². The van der Waals surface area contributed by atoms with Gasteiger partial charge in [-0.3, -0.25) is 9.55 Å². The summed E-state index contributed by atoms with van der Waals surface area (Å²) in [7, 11) is 0. The maximum absolute atomic E-state index is 14.2. The summed E-state index contributed by atoms with van der Waals surface area (Å²) in [5.41, 5.74) is 4.82. The summed E-state index contributed by atoms with van der Waals surface area (Å²) in [5, 5.41) is 1.33. The van der Waals surface area contributed by atoms with Gasteiger partial charge in [-0.15, -0.1) is 0 Å². The van der Waals surface area contributed by atoms with Crippen LogP contribution in [0, 0.1) is 24.4 Å². The van der Waals surface area contributed by atoms with Crippen molar-refractivity contribution in [2.75, 3.05) is 0 Å². The van der Waals surface area contributed by atoms with Crippen molar-refractivity contribution in [3.05, 3.63) is 105 Å². The molecular weight excluding hydrogens is 479 g/mol. The van der Waals surface area contributed by atoms with Crippen molar-refractivity contribution in [2.45, 2.75) is 43.0 Å². The van der Waals surface area contributed by atoms with Gasteiger partial charge in [-0.1, -0.05) is 35.5 Å². The van der Waals surface area contributed by atoms with E-state index in [9.17, 15) is 13.2 Å². The van der Waals surface area contributed by atoms with E-state index in [4.69, 9.17) is 16.6 Å². The van der Waals surface area contributed by atoms with Gasteiger partial charge in [-0.2, -0.15) is 0 Å². The first-order valence-electron chi connectivity index (χ1n) is 11.0. The van der Waals surface area contributed by atoms with E-state index < -0.39 is 11.6 Å². The summed E-state index contributed by atoms with van der Waals surface area (Å²) in [5.74, 6) is -1.58. The van der Waals surface area contributed by atoms with E-state index in [2.05, 4.69) is 11.1 Å². The second-order valence-corrected chi connectivity index (χ2v) is 9.71. The highest BCUT2D eigenvalue weighted by Gasteiger charge is 2.30. The van der Waals surface area contributed by atoms with Crippen LogP contribution >= 0.6 is 23.4 Å². The van der Waals surface area contributed by atoms with Gasteiger partial charge in [0.1, 0.15) is 17.5 Å². The second-order valence-electron chi connectivity index (χ2n) is 8.36. The van der Waals surface area contributed by atoms with Crippen molar-refractivity contribution >= 4 is 23.4 Å². The smallest absolute Gasteiger partial charge is 0.173 e. The van der Waals surface area contributed by atoms with Gasteiger partial charge >= 0.3 is 0 Å². The molecule has 0 spiro atoms. The molecule has 0 N–H and O–H groups in total. The Hall–Kier alpha value is -2.77.